The number of rotatable bonds is 3. The summed E-state index contributed by atoms with van der Waals surface area (Å²) < 4.78 is 4.94. The van der Waals surface area contributed by atoms with Crippen LogP contribution in [-0.2, 0) is 0 Å². The fourth-order valence-corrected chi connectivity index (χ4v) is 1.77. The molecule has 3 aromatic rings. The van der Waals surface area contributed by atoms with E-state index in [1.54, 1.807) is 12.4 Å². The number of ether oxygens (including phenoxy) is 1. The summed E-state index contributed by atoms with van der Waals surface area (Å²) in [5.74, 6) is 0. The second kappa shape index (κ2) is 4.85. The molecule has 0 bridgehead atoms. The summed E-state index contributed by atoms with van der Waals surface area (Å²) in [5.41, 5.74) is 3.26. The van der Waals surface area contributed by atoms with Crippen LogP contribution in [0.15, 0.2) is 42.7 Å². The van der Waals surface area contributed by atoms with Crippen LogP contribution in [0.4, 0.5) is 0 Å². The van der Waals surface area contributed by atoms with E-state index in [1.165, 1.54) is 7.11 Å². The minimum Gasteiger partial charge on any atom is -0.467 e. The van der Waals surface area contributed by atoms with Crippen molar-refractivity contribution in [2.45, 2.75) is 0 Å². The van der Waals surface area contributed by atoms with Gasteiger partial charge < -0.3 is 4.74 Å². The molecule has 0 saturated carbocycles. The topological polar surface area (TPSA) is 76.6 Å². The Morgan fingerprint density at radius 3 is 2.16 bits per heavy atom. The van der Waals surface area contributed by atoms with Crippen molar-refractivity contribution in [1.29, 1.82) is 0 Å². The molecule has 0 spiro atoms. The number of nitrogens with one attached hydrogen (secondary N) is 1. The lowest BCUT2D eigenvalue weighted by molar-refractivity contribution is 0.380. The van der Waals surface area contributed by atoms with E-state index < -0.39 is 0 Å². The van der Waals surface area contributed by atoms with Gasteiger partial charge in [-0.3, -0.25) is 0 Å². The summed E-state index contributed by atoms with van der Waals surface area (Å²) >= 11 is 0. The van der Waals surface area contributed by atoms with Gasteiger partial charge in [-0.15, -0.1) is 0 Å². The van der Waals surface area contributed by atoms with E-state index in [4.69, 9.17) is 4.74 Å². The van der Waals surface area contributed by atoms with Crippen molar-refractivity contribution in [3.63, 3.8) is 0 Å². The molecule has 0 aliphatic rings. The monoisotopic (exact) mass is 253 g/mol. The molecule has 19 heavy (non-hydrogen) atoms. The van der Waals surface area contributed by atoms with E-state index in [1.807, 2.05) is 30.3 Å². The highest BCUT2D eigenvalue weighted by Gasteiger charge is 2.12. The molecule has 0 radical (unpaired) electrons. The first-order valence-electron chi connectivity index (χ1n) is 5.71. The zero-order chi connectivity index (χ0) is 13.1. The van der Waals surface area contributed by atoms with Crippen LogP contribution in [0.1, 0.15) is 0 Å². The largest absolute Gasteiger partial charge is 0.467 e. The molecule has 0 atom stereocenters. The number of benzene rings is 1. The van der Waals surface area contributed by atoms with Gasteiger partial charge in [0.1, 0.15) is 11.4 Å². The van der Waals surface area contributed by atoms with Gasteiger partial charge >= 0.3 is 6.01 Å². The van der Waals surface area contributed by atoms with Crippen LogP contribution in [0.3, 0.4) is 0 Å². The summed E-state index contributed by atoms with van der Waals surface area (Å²) in [6.07, 6.45) is 3.33. The molecule has 2 heterocycles. The summed E-state index contributed by atoms with van der Waals surface area (Å²) in [6, 6.07) is 10.2. The number of methoxy groups -OCH3 is 1. The van der Waals surface area contributed by atoms with Gasteiger partial charge in [0.25, 0.3) is 0 Å². The summed E-state index contributed by atoms with van der Waals surface area (Å²) in [4.78, 5) is 8.15. The molecule has 0 aliphatic carbocycles. The van der Waals surface area contributed by atoms with Crippen molar-refractivity contribution < 1.29 is 4.74 Å². The average molecular weight is 253 g/mol. The van der Waals surface area contributed by atoms with Gasteiger partial charge in [-0.2, -0.15) is 15.4 Å². The van der Waals surface area contributed by atoms with Crippen LogP contribution in [0.5, 0.6) is 6.01 Å². The molecule has 2 aromatic heterocycles. The van der Waals surface area contributed by atoms with Crippen molar-refractivity contribution >= 4 is 0 Å². The van der Waals surface area contributed by atoms with Gasteiger partial charge in [0.05, 0.1) is 7.11 Å². The van der Waals surface area contributed by atoms with Gasteiger partial charge in [0.2, 0.25) is 0 Å². The molecule has 0 fully saturated rings. The molecule has 0 aliphatic heterocycles. The number of H-pyrrole nitrogens is 1. The fraction of sp³-hybridized carbons (Fsp3) is 0.0769. The lowest BCUT2D eigenvalue weighted by Crippen LogP contribution is -1.92. The third-order valence-corrected chi connectivity index (χ3v) is 2.68. The van der Waals surface area contributed by atoms with Crippen LogP contribution in [0.2, 0.25) is 0 Å². The van der Waals surface area contributed by atoms with Crippen LogP contribution in [0, 0.1) is 0 Å². The van der Waals surface area contributed by atoms with E-state index >= 15 is 0 Å². The number of nitrogens with zero attached hydrogens (tertiary/aromatic N) is 4. The minimum absolute atomic E-state index is 0.327. The third kappa shape index (κ3) is 2.15. The highest BCUT2D eigenvalue weighted by atomic mass is 16.5. The molecular weight excluding hydrogens is 242 g/mol. The van der Waals surface area contributed by atoms with Crippen molar-refractivity contribution in [3.8, 4) is 28.5 Å². The molecule has 94 valence electrons. The number of hydrogen-bond acceptors (Lipinski definition) is 5. The van der Waals surface area contributed by atoms with Crippen LogP contribution >= 0.6 is 0 Å². The Hall–Kier alpha value is -2.76. The normalized spacial score (nSPS) is 10.4. The predicted octanol–water partition coefficient (Wildman–Crippen LogP) is 1.94. The molecule has 3 rings (SSSR count). The lowest BCUT2D eigenvalue weighted by Gasteiger charge is -2.01. The Kier molecular flexibility index (Phi) is 2.89. The first kappa shape index (κ1) is 11.3. The van der Waals surface area contributed by atoms with Crippen LogP contribution < -0.4 is 4.74 Å². The number of aromatic nitrogens is 5. The van der Waals surface area contributed by atoms with Gasteiger partial charge in [-0.1, -0.05) is 30.3 Å². The van der Waals surface area contributed by atoms with Crippen LogP contribution in [0.25, 0.3) is 22.5 Å². The molecule has 1 aromatic carbocycles. The lowest BCUT2D eigenvalue weighted by atomic mass is 10.1. The number of hydrogen-bond donors (Lipinski definition) is 1. The molecular formula is C13H11N5O. The third-order valence-electron chi connectivity index (χ3n) is 2.68. The Bertz CT molecular complexity index is 663. The fourth-order valence-electron chi connectivity index (χ4n) is 1.77. The van der Waals surface area contributed by atoms with Crippen molar-refractivity contribution in [3.05, 3.63) is 42.7 Å². The standard InChI is InChI=1S/C13H11N5O/c1-19-13-14-7-10(8-15-13)12-11(16-18-17-12)9-5-3-2-4-6-9/h2-8H,1H3,(H,16,17,18). The summed E-state index contributed by atoms with van der Waals surface area (Å²) in [6.45, 7) is 0. The Morgan fingerprint density at radius 1 is 0.895 bits per heavy atom. The molecule has 1 N–H and O–H groups in total. The maximum absolute atomic E-state index is 4.94. The maximum Gasteiger partial charge on any atom is 0.316 e. The minimum atomic E-state index is 0.327. The molecule has 0 amide bonds. The van der Waals surface area contributed by atoms with Gasteiger partial charge in [0, 0.05) is 23.5 Å². The van der Waals surface area contributed by atoms with Crippen molar-refractivity contribution in [1.82, 2.24) is 25.4 Å². The quantitative estimate of drug-likeness (QED) is 0.771. The van der Waals surface area contributed by atoms with Gasteiger partial charge in [0.15, 0.2) is 0 Å². The second-order valence-corrected chi connectivity index (χ2v) is 3.85. The van der Waals surface area contributed by atoms with Crippen molar-refractivity contribution in [2.75, 3.05) is 7.11 Å². The SMILES string of the molecule is COc1ncc(-c2n[nH]nc2-c2ccccc2)cn1. The Morgan fingerprint density at radius 2 is 1.53 bits per heavy atom. The van der Waals surface area contributed by atoms with Gasteiger partial charge in [-0.25, -0.2) is 9.97 Å². The zero-order valence-electron chi connectivity index (χ0n) is 10.2. The van der Waals surface area contributed by atoms with E-state index in [2.05, 4.69) is 25.4 Å². The van der Waals surface area contributed by atoms with E-state index in [0.717, 1.165) is 16.8 Å². The molecule has 6 heteroatoms. The highest BCUT2D eigenvalue weighted by Crippen LogP contribution is 2.27. The van der Waals surface area contributed by atoms with Crippen molar-refractivity contribution in [2.24, 2.45) is 0 Å². The average Bonchev–Trinajstić information content (AvgIpc) is 2.98. The molecule has 0 unspecified atom stereocenters. The van der Waals surface area contributed by atoms with Crippen LogP contribution in [-0.4, -0.2) is 32.5 Å². The summed E-state index contributed by atoms with van der Waals surface area (Å²) in [7, 11) is 1.53. The van der Waals surface area contributed by atoms with E-state index in [-0.39, 0.29) is 0 Å². The molecule has 0 saturated heterocycles. The Labute approximate surface area is 109 Å². The molecule has 6 nitrogen and oxygen atoms in total. The summed E-state index contributed by atoms with van der Waals surface area (Å²) in [5, 5.41) is 11.0. The zero-order valence-corrected chi connectivity index (χ0v) is 10.2. The smallest absolute Gasteiger partial charge is 0.316 e. The predicted molar refractivity (Wildman–Crippen MR) is 69.4 cm³/mol. The van der Waals surface area contributed by atoms with E-state index in [0.29, 0.717) is 11.7 Å². The number of aromatic amines is 1. The highest BCUT2D eigenvalue weighted by molar-refractivity contribution is 5.76. The Balaban J connectivity index is 2.04. The van der Waals surface area contributed by atoms with E-state index in [9.17, 15) is 0 Å². The first-order valence-corrected chi connectivity index (χ1v) is 5.71. The first-order chi connectivity index (χ1) is 9.38. The maximum atomic E-state index is 4.94. The second-order valence-electron chi connectivity index (χ2n) is 3.85. The van der Waals surface area contributed by atoms with Gasteiger partial charge in [-0.05, 0) is 0 Å².